The molecule has 0 unspecified atom stereocenters. The molecule has 1 saturated heterocycles. The summed E-state index contributed by atoms with van der Waals surface area (Å²) in [6.45, 7) is 9.64. The van der Waals surface area contributed by atoms with Crippen LogP contribution < -0.4 is 10.6 Å². The van der Waals surface area contributed by atoms with Crippen LogP contribution in [-0.2, 0) is 0 Å². The number of urea groups is 1. The Hall–Kier alpha value is -1.89. The summed E-state index contributed by atoms with van der Waals surface area (Å²) in [4.78, 5) is 18.7. The number of likely N-dealkylation sites (N-methyl/N-ethyl adjacent to an activating group) is 1. The van der Waals surface area contributed by atoms with Crippen LogP contribution in [0.25, 0.3) is 0 Å². The van der Waals surface area contributed by atoms with Crippen molar-refractivity contribution < 1.29 is 4.79 Å². The Morgan fingerprint density at radius 3 is 2.46 bits per heavy atom. The van der Waals surface area contributed by atoms with Crippen molar-refractivity contribution >= 4 is 23.1 Å². The molecule has 0 bridgehead atoms. The molecule has 140 valence electrons. The van der Waals surface area contributed by atoms with E-state index in [9.17, 15) is 4.79 Å². The summed E-state index contributed by atoms with van der Waals surface area (Å²) in [7, 11) is 0. The van der Waals surface area contributed by atoms with Crippen LogP contribution in [0.5, 0.6) is 0 Å². The lowest BCUT2D eigenvalue weighted by atomic mass is 10.0. The summed E-state index contributed by atoms with van der Waals surface area (Å²) < 4.78 is 0. The zero-order valence-corrected chi connectivity index (χ0v) is 16.3. The molecule has 1 aromatic carbocycles. The minimum absolute atomic E-state index is 0.0190. The zero-order valence-electron chi connectivity index (χ0n) is 15.5. The van der Waals surface area contributed by atoms with Gasteiger partial charge in [-0.05, 0) is 37.0 Å². The highest BCUT2D eigenvalue weighted by molar-refractivity contribution is 7.10. The zero-order chi connectivity index (χ0) is 18.4. The summed E-state index contributed by atoms with van der Waals surface area (Å²) in [6.07, 6.45) is 0. The lowest BCUT2D eigenvalue weighted by Gasteiger charge is -2.41. The number of anilines is 1. The number of carbonyl (C=O) groups is 1. The molecule has 26 heavy (non-hydrogen) atoms. The molecule has 2 aromatic rings. The summed E-state index contributed by atoms with van der Waals surface area (Å²) in [6, 6.07) is 13.9. The van der Waals surface area contributed by atoms with Crippen LogP contribution >= 0.6 is 11.3 Å². The molecule has 1 aliphatic heterocycles. The fourth-order valence-corrected chi connectivity index (χ4v) is 4.50. The van der Waals surface area contributed by atoms with E-state index < -0.39 is 0 Å². The van der Waals surface area contributed by atoms with Gasteiger partial charge < -0.3 is 15.5 Å². The molecule has 3 rings (SSSR count). The van der Waals surface area contributed by atoms with Crippen molar-refractivity contribution in [1.29, 1.82) is 0 Å². The van der Waals surface area contributed by atoms with Gasteiger partial charge in [-0.2, -0.15) is 0 Å². The maximum Gasteiger partial charge on any atom is 0.319 e. The van der Waals surface area contributed by atoms with E-state index in [1.54, 1.807) is 11.3 Å². The second-order valence-corrected chi connectivity index (χ2v) is 7.66. The molecule has 0 spiro atoms. The summed E-state index contributed by atoms with van der Waals surface area (Å²) in [5.74, 6) is 0. The van der Waals surface area contributed by atoms with Crippen molar-refractivity contribution in [3.63, 3.8) is 0 Å². The maximum absolute atomic E-state index is 12.4. The van der Waals surface area contributed by atoms with Crippen LogP contribution in [0.2, 0.25) is 0 Å². The van der Waals surface area contributed by atoms with Crippen LogP contribution in [-0.4, -0.2) is 54.6 Å². The fourth-order valence-electron chi connectivity index (χ4n) is 3.53. The number of benzene rings is 1. The molecule has 1 aliphatic rings. The van der Waals surface area contributed by atoms with E-state index in [1.165, 1.54) is 4.88 Å². The molecule has 0 saturated carbocycles. The molecule has 6 heteroatoms. The van der Waals surface area contributed by atoms with Gasteiger partial charge >= 0.3 is 6.03 Å². The molecule has 1 fully saturated rings. The Morgan fingerprint density at radius 2 is 1.85 bits per heavy atom. The highest BCUT2D eigenvalue weighted by atomic mass is 32.1. The van der Waals surface area contributed by atoms with Gasteiger partial charge in [-0.3, -0.25) is 4.90 Å². The molecule has 0 radical (unpaired) electrons. The number of piperazine rings is 1. The van der Waals surface area contributed by atoms with E-state index in [1.807, 2.05) is 30.3 Å². The summed E-state index contributed by atoms with van der Waals surface area (Å²) >= 11 is 1.76. The van der Waals surface area contributed by atoms with Crippen molar-refractivity contribution in [2.24, 2.45) is 0 Å². The maximum atomic E-state index is 12.4. The van der Waals surface area contributed by atoms with Gasteiger partial charge in [0.25, 0.3) is 0 Å². The van der Waals surface area contributed by atoms with E-state index in [0.29, 0.717) is 0 Å². The predicted molar refractivity (Wildman–Crippen MR) is 109 cm³/mol. The molecule has 5 nitrogen and oxygen atoms in total. The van der Waals surface area contributed by atoms with Gasteiger partial charge in [0.2, 0.25) is 0 Å². The normalized spacial score (nSPS) is 18.2. The Labute approximate surface area is 160 Å². The molecule has 0 aliphatic carbocycles. The van der Waals surface area contributed by atoms with Gasteiger partial charge in [0.15, 0.2) is 0 Å². The highest BCUT2D eigenvalue weighted by Crippen LogP contribution is 2.29. The van der Waals surface area contributed by atoms with E-state index in [2.05, 4.69) is 51.8 Å². The third kappa shape index (κ3) is 4.84. The minimum Gasteiger partial charge on any atom is -0.333 e. The molecule has 2 amide bonds. The number of hydrogen-bond acceptors (Lipinski definition) is 4. The molecule has 1 aromatic heterocycles. The smallest absolute Gasteiger partial charge is 0.319 e. The van der Waals surface area contributed by atoms with Gasteiger partial charge in [0.1, 0.15) is 0 Å². The van der Waals surface area contributed by atoms with Crippen molar-refractivity contribution in [1.82, 2.24) is 15.1 Å². The van der Waals surface area contributed by atoms with Crippen LogP contribution in [0.4, 0.5) is 10.5 Å². The van der Waals surface area contributed by atoms with Gasteiger partial charge in [-0.1, -0.05) is 31.2 Å². The third-order valence-corrected chi connectivity index (χ3v) is 5.89. The molecular formula is C20H28N4OS. The van der Waals surface area contributed by atoms with Gasteiger partial charge in [0, 0.05) is 42.8 Å². The van der Waals surface area contributed by atoms with Crippen LogP contribution in [0, 0.1) is 0 Å². The fraction of sp³-hybridized carbons (Fsp3) is 0.450. The topological polar surface area (TPSA) is 47.6 Å². The Bertz CT molecular complexity index is 668. The average Bonchev–Trinajstić information content (AvgIpc) is 3.17. The highest BCUT2D eigenvalue weighted by Gasteiger charge is 2.30. The van der Waals surface area contributed by atoms with Gasteiger partial charge in [0.05, 0.1) is 6.04 Å². The average molecular weight is 373 g/mol. The minimum atomic E-state index is -0.155. The van der Waals surface area contributed by atoms with Crippen molar-refractivity contribution in [2.45, 2.75) is 25.9 Å². The Morgan fingerprint density at radius 1 is 1.12 bits per heavy atom. The number of nitrogens with zero attached hydrogens (tertiary/aromatic N) is 2. The summed E-state index contributed by atoms with van der Waals surface area (Å²) in [5.41, 5.74) is 0.807. The number of carbonyl (C=O) groups excluding carboxylic acids is 1. The molecule has 2 N–H and O–H groups in total. The van der Waals surface area contributed by atoms with Gasteiger partial charge in [-0.25, -0.2) is 4.79 Å². The SMILES string of the molecule is CCN1CCN([C@H](c2cccs2)[C@H](C)NC(=O)Nc2ccccc2)CC1. The van der Waals surface area contributed by atoms with E-state index in [4.69, 9.17) is 0 Å². The van der Waals surface area contributed by atoms with Gasteiger partial charge in [-0.15, -0.1) is 11.3 Å². The van der Waals surface area contributed by atoms with Crippen LogP contribution in [0.1, 0.15) is 24.8 Å². The quantitative estimate of drug-likeness (QED) is 0.814. The van der Waals surface area contributed by atoms with E-state index >= 15 is 0 Å². The Balaban J connectivity index is 1.65. The second kappa shape index (κ2) is 9.16. The lowest BCUT2D eigenvalue weighted by Crippen LogP contribution is -2.52. The Kier molecular flexibility index (Phi) is 6.66. The third-order valence-electron chi connectivity index (χ3n) is 4.95. The number of para-hydroxylation sites is 1. The van der Waals surface area contributed by atoms with Crippen LogP contribution in [0.3, 0.4) is 0 Å². The first-order valence-electron chi connectivity index (χ1n) is 9.29. The second-order valence-electron chi connectivity index (χ2n) is 6.68. The number of amides is 2. The number of rotatable bonds is 6. The largest absolute Gasteiger partial charge is 0.333 e. The first kappa shape index (κ1) is 18.9. The standard InChI is InChI=1S/C20H28N4OS/c1-3-23-11-13-24(14-12-23)19(18-10-7-15-26-18)16(2)21-20(25)22-17-8-5-4-6-9-17/h4-10,15-16,19H,3,11-14H2,1-2H3,(H2,21,22,25)/t16-,19-/m0/s1. The number of nitrogens with one attached hydrogen (secondary N) is 2. The van der Waals surface area contributed by atoms with E-state index in [-0.39, 0.29) is 18.1 Å². The number of hydrogen-bond donors (Lipinski definition) is 2. The molecule has 2 atom stereocenters. The molecular weight excluding hydrogens is 344 g/mol. The van der Waals surface area contributed by atoms with Crippen molar-refractivity contribution in [3.8, 4) is 0 Å². The first-order chi connectivity index (χ1) is 12.7. The molecule has 2 heterocycles. The predicted octanol–water partition coefficient (Wildman–Crippen LogP) is 3.64. The van der Waals surface area contributed by atoms with Crippen molar-refractivity contribution in [3.05, 3.63) is 52.7 Å². The van der Waals surface area contributed by atoms with E-state index in [0.717, 1.165) is 38.4 Å². The van der Waals surface area contributed by atoms with Crippen molar-refractivity contribution in [2.75, 3.05) is 38.0 Å². The first-order valence-corrected chi connectivity index (χ1v) is 10.2. The number of thiophene rings is 1. The summed E-state index contributed by atoms with van der Waals surface area (Å²) in [5, 5.41) is 8.17. The lowest BCUT2D eigenvalue weighted by molar-refractivity contribution is 0.0868. The monoisotopic (exact) mass is 372 g/mol. The van der Waals surface area contributed by atoms with Crippen LogP contribution in [0.15, 0.2) is 47.8 Å².